The zero-order valence-electron chi connectivity index (χ0n) is 12.9. The fourth-order valence-electron chi connectivity index (χ4n) is 2.59. The van der Waals surface area contributed by atoms with E-state index in [9.17, 15) is 0 Å². The van der Waals surface area contributed by atoms with Crippen LogP contribution in [0.1, 0.15) is 16.7 Å². The van der Waals surface area contributed by atoms with Crippen molar-refractivity contribution in [2.45, 2.75) is 20.8 Å². The van der Waals surface area contributed by atoms with Crippen LogP contribution in [0.2, 0.25) is 0 Å². The largest absolute Gasteiger partial charge is 0.412 e. The van der Waals surface area contributed by atoms with Crippen molar-refractivity contribution in [3.05, 3.63) is 35.0 Å². The Balaban J connectivity index is 0.00000147. The molecule has 0 bridgehead atoms. The van der Waals surface area contributed by atoms with Crippen molar-refractivity contribution >= 4 is 47.7 Å². The molecule has 0 saturated carbocycles. The van der Waals surface area contributed by atoms with Gasteiger partial charge in [-0.25, -0.2) is 0 Å². The van der Waals surface area contributed by atoms with Crippen molar-refractivity contribution in [1.29, 1.82) is 0 Å². The SMILES string of the molecule is Cc1cc(NN2C=NCC2)c(C)c2c(C)ccnc12.Cl.Cl.O. The molecule has 0 saturated heterocycles. The van der Waals surface area contributed by atoms with Gasteiger partial charge in [-0.2, -0.15) is 0 Å². The van der Waals surface area contributed by atoms with E-state index in [-0.39, 0.29) is 30.3 Å². The fraction of sp³-hybridized carbons (Fsp3) is 0.333. The van der Waals surface area contributed by atoms with E-state index in [0.717, 1.165) is 24.3 Å². The minimum Gasteiger partial charge on any atom is -0.412 e. The minimum absolute atomic E-state index is 0. The lowest BCUT2D eigenvalue weighted by molar-refractivity contribution is 0.557. The molecule has 1 aromatic carbocycles. The number of fused-ring (bicyclic) bond motifs is 1. The van der Waals surface area contributed by atoms with Crippen LogP contribution in [-0.2, 0) is 0 Å². The number of aryl methyl sites for hydroxylation is 3. The predicted molar refractivity (Wildman–Crippen MR) is 97.8 cm³/mol. The summed E-state index contributed by atoms with van der Waals surface area (Å²) in [6.45, 7) is 8.17. The minimum atomic E-state index is 0. The molecule has 22 heavy (non-hydrogen) atoms. The second-order valence-electron chi connectivity index (χ2n) is 5.04. The first-order valence-corrected chi connectivity index (χ1v) is 6.55. The third kappa shape index (κ3) is 3.61. The molecule has 3 rings (SSSR count). The summed E-state index contributed by atoms with van der Waals surface area (Å²) in [5.41, 5.74) is 9.36. The molecule has 0 atom stereocenters. The highest BCUT2D eigenvalue weighted by Crippen LogP contribution is 2.30. The summed E-state index contributed by atoms with van der Waals surface area (Å²) in [6.07, 6.45) is 3.74. The number of anilines is 1. The second kappa shape index (κ2) is 8.17. The van der Waals surface area contributed by atoms with Crippen LogP contribution in [0.4, 0.5) is 5.69 Å². The van der Waals surface area contributed by atoms with Gasteiger partial charge in [0.1, 0.15) is 6.34 Å². The van der Waals surface area contributed by atoms with Gasteiger partial charge in [0, 0.05) is 11.6 Å². The Labute approximate surface area is 142 Å². The maximum absolute atomic E-state index is 4.51. The van der Waals surface area contributed by atoms with Crippen molar-refractivity contribution in [2.75, 3.05) is 18.5 Å². The molecule has 0 radical (unpaired) electrons. The Morgan fingerprint density at radius 1 is 1.14 bits per heavy atom. The van der Waals surface area contributed by atoms with Gasteiger partial charge in [-0.05, 0) is 49.6 Å². The Morgan fingerprint density at radius 3 is 2.50 bits per heavy atom. The zero-order chi connectivity index (χ0) is 13.4. The van der Waals surface area contributed by atoms with Crippen LogP contribution in [0.15, 0.2) is 23.3 Å². The van der Waals surface area contributed by atoms with Crippen LogP contribution < -0.4 is 5.43 Å². The Bertz CT molecular complexity index is 676. The number of nitrogens with one attached hydrogen (secondary N) is 1. The van der Waals surface area contributed by atoms with Crippen molar-refractivity contribution in [1.82, 2.24) is 9.99 Å². The maximum Gasteiger partial charge on any atom is 0.104 e. The van der Waals surface area contributed by atoms with Crippen LogP contribution in [0.5, 0.6) is 0 Å². The number of aliphatic imine (C=N–C) groups is 1. The van der Waals surface area contributed by atoms with Crippen molar-refractivity contribution in [3.63, 3.8) is 0 Å². The van der Waals surface area contributed by atoms with Crippen LogP contribution in [-0.4, -0.2) is 34.9 Å². The average Bonchev–Trinajstić information content (AvgIpc) is 2.88. The summed E-state index contributed by atoms with van der Waals surface area (Å²) in [6, 6.07) is 4.23. The lowest BCUT2D eigenvalue weighted by atomic mass is 10.00. The molecule has 2 aromatic rings. The van der Waals surface area contributed by atoms with Crippen molar-refractivity contribution in [2.24, 2.45) is 4.99 Å². The van der Waals surface area contributed by atoms with E-state index < -0.39 is 0 Å². The zero-order valence-corrected chi connectivity index (χ0v) is 14.5. The number of hydrogen-bond acceptors (Lipinski definition) is 4. The molecule has 1 aromatic heterocycles. The smallest absolute Gasteiger partial charge is 0.104 e. The molecule has 0 spiro atoms. The number of hydrogen-bond donors (Lipinski definition) is 1. The molecule has 7 heteroatoms. The Hall–Kier alpha value is -1.56. The molecule has 1 aliphatic heterocycles. The number of rotatable bonds is 2. The van der Waals surface area contributed by atoms with Gasteiger partial charge in [0.05, 0.1) is 24.3 Å². The van der Waals surface area contributed by atoms with E-state index in [2.05, 4.69) is 48.3 Å². The number of nitrogens with zero attached hydrogens (tertiary/aromatic N) is 3. The van der Waals surface area contributed by atoms with Gasteiger partial charge >= 0.3 is 0 Å². The summed E-state index contributed by atoms with van der Waals surface area (Å²) in [5, 5.41) is 3.28. The van der Waals surface area contributed by atoms with Crippen molar-refractivity contribution < 1.29 is 5.48 Å². The van der Waals surface area contributed by atoms with Gasteiger partial charge in [-0.15, -0.1) is 24.8 Å². The van der Waals surface area contributed by atoms with Crippen LogP contribution in [0, 0.1) is 20.8 Å². The van der Waals surface area contributed by atoms with Gasteiger partial charge < -0.3 is 5.48 Å². The first-order valence-electron chi connectivity index (χ1n) is 6.55. The van der Waals surface area contributed by atoms with Gasteiger partial charge in [-0.3, -0.25) is 20.4 Å². The van der Waals surface area contributed by atoms with Gasteiger partial charge in [0.2, 0.25) is 0 Å². The van der Waals surface area contributed by atoms with Gasteiger partial charge in [0.15, 0.2) is 0 Å². The van der Waals surface area contributed by atoms with Crippen LogP contribution in [0.3, 0.4) is 0 Å². The highest BCUT2D eigenvalue weighted by atomic mass is 35.5. The molecule has 5 nitrogen and oxygen atoms in total. The average molecular weight is 345 g/mol. The predicted octanol–water partition coefficient (Wildman–Crippen LogP) is 2.85. The lowest BCUT2D eigenvalue weighted by Crippen LogP contribution is -2.27. The molecular formula is C15H22Cl2N4O. The van der Waals surface area contributed by atoms with E-state index >= 15 is 0 Å². The molecule has 3 N–H and O–H groups in total. The van der Waals surface area contributed by atoms with E-state index in [1.165, 1.54) is 22.1 Å². The van der Waals surface area contributed by atoms with Gasteiger partial charge in [-0.1, -0.05) is 0 Å². The third-order valence-corrected chi connectivity index (χ3v) is 3.63. The van der Waals surface area contributed by atoms with Gasteiger partial charge in [0.25, 0.3) is 0 Å². The summed E-state index contributed by atoms with van der Waals surface area (Å²) in [4.78, 5) is 8.73. The van der Waals surface area contributed by atoms with Crippen molar-refractivity contribution in [3.8, 4) is 0 Å². The molecule has 0 fully saturated rings. The summed E-state index contributed by atoms with van der Waals surface area (Å²) in [5.74, 6) is 0. The molecule has 122 valence electrons. The van der Waals surface area contributed by atoms with Crippen LogP contribution in [0.25, 0.3) is 10.9 Å². The van der Waals surface area contributed by atoms with E-state index in [0.29, 0.717) is 0 Å². The first kappa shape index (κ1) is 20.4. The summed E-state index contributed by atoms with van der Waals surface area (Å²) < 4.78 is 0. The number of pyridine rings is 1. The fourth-order valence-corrected chi connectivity index (χ4v) is 2.59. The number of aromatic nitrogens is 1. The van der Waals surface area contributed by atoms with E-state index in [1.54, 1.807) is 0 Å². The Kier molecular flexibility index (Phi) is 7.59. The molecule has 0 unspecified atom stereocenters. The summed E-state index contributed by atoms with van der Waals surface area (Å²) in [7, 11) is 0. The highest BCUT2D eigenvalue weighted by molar-refractivity contribution is 5.92. The molecule has 1 aliphatic rings. The highest BCUT2D eigenvalue weighted by Gasteiger charge is 2.12. The topological polar surface area (TPSA) is 72.0 Å². The quantitative estimate of drug-likeness (QED) is 0.910. The molecule has 0 aliphatic carbocycles. The molecule has 0 amide bonds. The third-order valence-electron chi connectivity index (χ3n) is 3.63. The maximum atomic E-state index is 4.51. The molecular weight excluding hydrogens is 323 g/mol. The Morgan fingerprint density at radius 2 is 1.86 bits per heavy atom. The number of hydrazine groups is 1. The molecule has 2 heterocycles. The normalized spacial score (nSPS) is 12.4. The van der Waals surface area contributed by atoms with Crippen LogP contribution >= 0.6 is 24.8 Å². The summed E-state index contributed by atoms with van der Waals surface area (Å²) >= 11 is 0. The van der Waals surface area contributed by atoms with E-state index in [1.807, 2.05) is 17.5 Å². The monoisotopic (exact) mass is 344 g/mol. The first-order chi connectivity index (χ1) is 9.16. The number of halogens is 2. The van der Waals surface area contributed by atoms with E-state index in [4.69, 9.17) is 0 Å². The lowest BCUT2D eigenvalue weighted by Gasteiger charge is -2.20. The standard InChI is InChI=1S/C15H18N4.2ClH.H2O/c1-10-4-5-17-15-11(2)8-13(12(3)14(10)15)18-19-7-6-16-9-19;;;/h4-5,8-9,18H,6-7H2,1-3H3;2*1H;1H2. The second-order valence-corrected chi connectivity index (χ2v) is 5.04. The number of benzene rings is 1.